The Kier molecular flexibility index (Phi) is 11.6. The second-order valence-electron chi connectivity index (χ2n) is 13.1. The zero-order valence-corrected chi connectivity index (χ0v) is 28.2. The Balaban J connectivity index is 1.32. The first-order valence-electron chi connectivity index (χ1n) is 16.6. The van der Waals surface area contributed by atoms with Crippen molar-refractivity contribution in [1.29, 1.82) is 0 Å². The molecule has 19 heteroatoms. The molecule has 1 aromatic heterocycles. The molecule has 0 saturated carbocycles. The van der Waals surface area contributed by atoms with Crippen LogP contribution in [0, 0.1) is 0 Å². The molecule has 19 nitrogen and oxygen atoms in total. The predicted molar refractivity (Wildman–Crippen MR) is 174 cm³/mol. The molecule has 3 saturated heterocycles. The van der Waals surface area contributed by atoms with Crippen LogP contribution in [0.3, 0.4) is 0 Å². The van der Waals surface area contributed by atoms with Gasteiger partial charge in [0, 0.05) is 17.7 Å². The first kappa shape index (κ1) is 39.2. The largest absolute Gasteiger partial charge is 0.506 e. The average Bonchev–Trinajstić information content (AvgIpc) is 3.15. The molecule has 0 radical (unpaired) electrons. The SMILES string of the molecule is COc1cc2oc(-c3ccc(O[C@@H]4O[C@H](CO)[C@@H](O)[C@H](O)[C@H]4O)cc3)cc(=O)c2c(O)c1[C@@H]1O[C@H](CO)[C@@H](O)[C@H](O)[C@H]1O[C@@H]1O[C@@H](C)[C@H](O)[C@@H](O)[C@H]1O. The summed E-state index contributed by atoms with van der Waals surface area (Å²) in [5.41, 5.74) is -0.805. The maximum Gasteiger partial charge on any atom is 0.229 e. The maximum absolute atomic E-state index is 13.6. The fourth-order valence-electron chi connectivity index (χ4n) is 6.63. The van der Waals surface area contributed by atoms with Crippen molar-refractivity contribution in [1.82, 2.24) is 0 Å². The number of rotatable bonds is 9. The number of hydrogen-bond donors (Lipinski definition) is 11. The molecule has 0 amide bonds. The summed E-state index contributed by atoms with van der Waals surface area (Å²) in [6.07, 6.45) is -23.5. The van der Waals surface area contributed by atoms with Gasteiger partial charge in [-0.1, -0.05) is 0 Å². The van der Waals surface area contributed by atoms with Crippen molar-refractivity contribution in [3.63, 3.8) is 0 Å². The summed E-state index contributed by atoms with van der Waals surface area (Å²) in [6.45, 7) is -0.0325. The van der Waals surface area contributed by atoms with Crippen LogP contribution >= 0.6 is 0 Å². The molecule has 0 spiro atoms. The van der Waals surface area contributed by atoms with Crippen molar-refractivity contribution < 1.29 is 89.0 Å². The Labute approximate surface area is 299 Å². The molecule has 0 bridgehead atoms. The lowest BCUT2D eigenvalue weighted by molar-refractivity contribution is -0.338. The van der Waals surface area contributed by atoms with Crippen molar-refractivity contribution in [2.45, 2.75) is 98.9 Å². The highest BCUT2D eigenvalue weighted by Crippen LogP contribution is 2.46. The number of hydrogen-bond acceptors (Lipinski definition) is 19. The molecule has 3 fully saturated rings. The Morgan fingerprint density at radius 1 is 0.717 bits per heavy atom. The standard InChI is InChI=1S/C34H42O19/c1-11-22(38)26(42)29(45)33(48-11)53-32-28(44)24(40)18(9-35)51-31(32)21-16(47-2)8-17-20(25(21)41)14(37)7-15(50-17)12-3-5-13(6-4-12)49-34-30(46)27(43)23(39)19(10-36)52-34/h3-8,11,18-19,22-24,26-36,38-46H,9-10H2,1-2H3/t11-,18+,19+,22-,23+,24+,26+,27-,28-,29+,30+,31-,32+,33-,34+/m0/s1. The fourth-order valence-corrected chi connectivity index (χ4v) is 6.63. The first-order chi connectivity index (χ1) is 25.2. The van der Waals surface area contributed by atoms with E-state index < -0.39 is 116 Å². The van der Waals surface area contributed by atoms with Gasteiger partial charge in [0.1, 0.15) is 107 Å². The van der Waals surface area contributed by atoms with Crippen LogP contribution in [0.1, 0.15) is 18.6 Å². The minimum atomic E-state index is -1.85. The lowest BCUT2D eigenvalue weighted by Gasteiger charge is -2.46. The van der Waals surface area contributed by atoms with Crippen molar-refractivity contribution in [3.8, 4) is 28.6 Å². The number of phenols is 1. The molecule has 15 atom stereocenters. The van der Waals surface area contributed by atoms with E-state index in [1.165, 1.54) is 44.4 Å². The number of aliphatic hydroxyl groups excluding tert-OH is 10. The maximum atomic E-state index is 13.6. The van der Waals surface area contributed by atoms with Crippen LogP contribution in [0.2, 0.25) is 0 Å². The number of aromatic hydroxyl groups is 1. The van der Waals surface area contributed by atoms with Gasteiger partial charge in [0.05, 0.1) is 32.0 Å². The van der Waals surface area contributed by atoms with Gasteiger partial charge < -0.3 is 89.0 Å². The summed E-state index contributed by atoms with van der Waals surface area (Å²) in [5.74, 6) is -0.695. The number of phenolic OH excluding ortho intramolecular Hbond substituents is 1. The van der Waals surface area contributed by atoms with Crippen LogP contribution in [0.15, 0.2) is 45.6 Å². The van der Waals surface area contributed by atoms with E-state index in [0.717, 1.165) is 6.07 Å². The molecular formula is C34H42O19. The van der Waals surface area contributed by atoms with E-state index in [1.54, 1.807) is 0 Å². The molecule has 0 aliphatic carbocycles. The van der Waals surface area contributed by atoms with Crippen LogP contribution in [0.4, 0.5) is 0 Å². The lowest BCUT2D eigenvalue weighted by Crippen LogP contribution is -2.61. The Morgan fingerprint density at radius 2 is 1.32 bits per heavy atom. The smallest absolute Gasteiger partial charge is 0.229 e. The number of aliphatic hydroxyl groups is 10. The fraction of sp³-hybridized carbons (Fsp3) is 0.559. The Bertz CT molecular complexity index is 1780. The summed E-state index contributed by atoms with van der Waals surface area (Å²) < 4.78 is 39.7. The second kappa shape index (κ2) is 15.7. The average molecular weight is 755 g/mol. The molecule has 53 heavy (non-hydrogen) atoms. The van der Waals surface area contributed by atoms with E-state index in [2.05, 4.69) is 0 Å². The van der Waals surface area contributed by atoms with E-state index >= 15 is 0 Å². The van der Waals surface area contributed by atoms with Crippen LogP contribution < -0.4 is 14.9 Å². The third-order valence-electron chi connectivity index (χ3n) is 9.71. The van der Waals surface area contributed by atoms with Gasteiger partial charge in [-0.2, -0.15) is 0 Å². The minimum absolute atomic E-state index is 0.0309. The van der Waals surface area contributed by atoms with Crippen molar-refractivity contribution in [3.05, 3.63) is 52.2 Å². The highest BCUT2D eigenvalue weighted by Gasteiger charge is 2.52. The second-order valence-corrected chi connectivity index (χ2v) is 13.1. The molecule has 6 rings (SSSR count). The molecule has 3 aromatic rings. The van der Waals surface area contributed by atoms with E-state index in [4.69, 9.17) is 32.8 Å². The quantitative estimate of drug-likeness (QED) is 0.102. The van der Waals surface area contributed by atoms with Gasteiger partial charge in [0.15, 0.2) is 11.7 Å². The monoisotopic (exact) mass is 754 g/mol. The topological polar surface area (TPSA) is 308 Å². The Morgan fingerprint density at radius 3 is 1.96 bits per heavy atom. The van der Waals surface area contributed by atoms with Gasteiger partial charge in [0.25, 0.3) is 0 Å². The third kappa shape index (κ3) is 7.22. The predicted octanol–water partition coefficient (Wildman–Crippen LogP) is -3.28. The van der Waals surface area contributed by atoms with Gasteiger partial charge in [-0.3, -0.25) is 4.79 Å². The molecule has 292 valence electrons. The van der Waals surface area contributed by atoms with Crippen molar-refractivity contribution in [2.24, 2.45) is 0 Å². The third-order valence-corrected chi connectivity index (χ3v) is 9.71. The van der Waals surface area contributed by atoms with Crippen LogP contribution in [0.5, 0.6) is 17.2 Å². The van der Waals surface area contributed by atoms with Gasteiger partial charge >= 0.3 is 0 Å². The summed E-state index contributed by atoms with van der Waals surface area (Å²) >= 11 is 0. The zero-order valence-electron chi connectivity index (χ0n) is 28.2. The molecule has 3 aliphatic heterocycles. The zero-order chi connectivity index (χ0) is 38.5. The number of benzene rings is 2. The van der Waals surface area contributed by atoms with E-state index in [1.807, 2.05) is 0 Å². The van der Waals surface area contributed by atoms with Crippen molar-refractivity contribution >= 4 is 11.0 Å². The summed E-state index contributed by atoms with van der Waals surface area (Å²) in [7, 11) is 1.22. The lowest BCUT2D eigenvalue weighted by atomic mass is 9.89. The molecule has 2 aromatic carbocycles. The molecule has 3 aliphatic rings. The summed E-state index contributed by atoms with van der Waals surface area (Å²) in [4.78, 5) is 13.6. The van der Waals surface area contributed by atoms with Gasteiger partial charge in [-0.25, -0.2) is 0 Å². The number of fused-ring (bicyclic) bond motifs is 1. The highest BCUT2D eigenvalue weighted by atomic mass is 16.7. The molecular weight excluding hydrogens is 712 g/mol. The summed E-state index contributed by atoms with van der Waals surface area (Å²) in [5, 5.41) is 114. The minimum Gasteiger partial charge on any atom is -0.506 e. The first-order valence-corrected chi connectivity index (χ1v) is 16.6. The van der Waals surface area contributed by atoms with Gasteiger partial charge in [0.2, 0.25) is 6.29 Å². The number of ether oxygens (including phenoxy) is 6. The van der Waals surface area contributed by atoms with Crippen LogP contribution in [-0.4, -0.2) is 162 Å². The highest BCUT2D eigenvalue weighted by molar-refractivity contribution is 5.88. The van der Waals surface area contributed by atoms with Gasteiger partial charge in [-0.15, -0.1) is 0 Å². The molecule has 0 unspecified atom stereocenters. The van der Waals surface area contributed by atoms with E-state index in [-0.39, 0.29) is 33.8 Å². The van der Waals surface area contributed by atoms with Gasteiger partial charge in [-0.05, 0) is 31.2 Å². The molecule has 4 heterocycles. The number of methoxy groups -OCH3 is 1. The van der Waals surface area contributed by atoms with Crippen molar-refractivity contribution in [2.75, 3.05) is 20.3 Å². The van der Waals surface area contributed by atoms with Crippen LogP contribution in [0.25, 0.3) is 22.3 Å². The van der Waals surface area contributed by atoms with Crippen LogP contribution in [-0.2, 0) is 18.9 Å². The normalized spacial score (nSPS) is 37.8. The van der Waals surface area contributed by atoms with E-state index in [9.17, 15) is 61.0 Å². The van der Waals surface area contributed by atoms with E-state index in [0.29, 0.717) is 5.56 Å². The summed E-state index contributed by atoms with van der Waals surface area (Å²) in [6, 6.07) is 8.20. The Hall–Kier alpha value is -3.51. The molecule has 11 N–H and O–H groups in total.